The number of halogens is 2. The van der Waals surface area contributed by atoms with Crippen molar-refractivity contribution >= 4 is 24.8 Å². The van der Waals surface area contributed by atoms with Gasteiger partial charge in [0.25, 0.3) is 0 Å². The van der Waals surface area contributed by atoms with E-state index in [0.717, 1.165) is 50.2 Å². The molecule has 3 aliphatic rings. The van der Waals surface area contributed by atoms with Gasteiger partial charge in [-0.3, -0.25) is 0 Å². The molecule has 3 N–H and O–H groups in total. The number of fused-ring (bicyclic) bond motifs is 1. The molecular formula is C14H29Cl2N3O. The molecule has 0 aromatic heterocycles. The molecule has 6 heteroatoms. The maximum Gasteiger partial charge on any atom is 0.0667 e. The third-order valence-corrected chi connectivity index (χ3v) is 4.96. The molecule has 2 saturated heterocycles. The van der Waals surface area contributed by atoms with Crippen molar-refractivity contribution < 1.29 is 5.11 Å². The van der Waals surface area contributed by atoms with E-state index in [1.165, 1.54) is 32.6 Å². The highest BCUT2D eigenvalue weighted by Gasteiger charge is 2.51. The second kappa shape index (κ2) is 8.76. The summed E-state index contributed by atoms with van der Waals surface area (Å²) in [5.41, 5.74) is 0. The van der Waals surface area contributed by atoms with Crippen LogP contribution in [0.3, 0.4) is 0 Å². The zero-order valence-corrected chi connectivity index (χ0v) is 13.7. The molecule has 2 heterocycles. The summed E-state index contributed by atoms with van der Waals surface area (Å²) >= 11 is 0. The van der Waals surface area contributed by atoms with Gasteiger partial charge in [-0.2, -0.15) is 0 Å². The lowest BCUT2D eigenvalue weighted by molar-refractivity contribution is 0.0702. The molecule has 120 valence electrons. The average Bonchev–Trinajstić information content (AvgIpc) is 2.82. The van der Waals surface area contributed by atoms with Gasteiger partial charge in [-0.25, -0.2) is 0 Å². The number of nitrogens with zero attached hydrogens (tertiary/aromatic N) is 1. The molecule has 0 amide bonds. The van der Waals surface area contributed by atoms with Crippen LogP contribution in [0.4, 0.5) is 0 Å². The summed E-state index contributed by atoms with van der Waals surface area (Å²) in [4.78, 5) is 2.41. The Morgan fingerprint density at radius 2 is 1.95 bits per heavy atom. The van der Waals surface area contributed by atoms with Crippen molar-refractivity contribution in [3.8, 4) is 0 Å². The number of likely N-dealkylation sites (tertiary alicyclic amines) is 1. The van der Waals surface area contributed by atoms with Gasteiger partial charge in [-0.05, 0) is 76.3 Å². The first-order valence-corrected chi connectivity index (χ1v) is 7.66. The SMILES string of the molecule is Cl.Cl.OC1CCCN(CCCNCC2[C@H]3CNC[C@@H]23)C1. The predicted octanol–water partition coefficient (Wildman–Crippen LogP) is 0.732. The van der Waals surface area contributed by atoms with Gasteiger partial charge < -0.3 is 20.6 Å². The Balaban J connectivity index is 0.000001000. The van der Waals surface area contributed by atoms with E-state index in [0.29, 0.717) is 0 Å². The zero-order valence-electron chi connectivity index (χ0n) is 12.1. The predicted molar refractivity (Wildman–Crippen MR) is 87.0 cm³/mol. The van der Waals surface area contributed by atoms with E-state index in [-0.39, 0.29) is 30.9 Å². The van der Waals surface area contributed by atoms with Gasteiger partial charge >= 0.3 is 0 Å². The number of aliphatic hydroxyl groups excluding tert-OH is 1. The molecule has 0 aromatic rings. The van der Waals surface area contributed by atoms with Crippen molar-refractivity contribution in [1.29, 1.82) is 0 Å². The summed E-state index contributed by atoms with van der Waals surface area (Å²) in [7, 11) is 0. The molecule has 1 saturated carbocycles. The van der Waals surface area contributed by atoms with E-state index < -0.39 is 0 Å². The third kappa shape index (κ3) is 4.72. The van der Waals surface area contributed by atoms with E-state index in [2.05, 4.69) is 15.5 Å². The van der Waals surface area contributed by atoms with Gasteiger partial charge in [-0.15, -0.1) is 24.8 Å². The van der Waals surface area contributed by atoms with Crippen LogP contribution < -0.4 is 10.6 Å². The van der Waals surface area contributed by atoms with Gasteiger partial charge in [-0.1, -0.05) is 0 Å². The van der Waals surface area contributed by atoms with E-state index in [1.807, 2.05) is 0 Å². The number of rotatable bonds is 6. The normalized spacial score (nSPS) is 35.9. The fourth-order valence-electron chi connectivity index (χ4n) is 3.78. The molecule has 0 radical (unpaired) electrons. The molecule has 3 fully saturated rings. The standard InChI is InChI=1S/C14H27N3O.2ClH/c18-11-3-1-5-17(10-11)6-2-4-15-7-12-13-8-16-9-14(12)13;;/h11-16,18H,1-10H2;2*1H/t11?,12?,13-,14+;;. The average molecular weight is 326 g/mol. The molecule has 2 unspecified atom stereocenters. The lowest BCUT2D eigenvalue weighted by Gasteiger charge is -2.29. The minimum Gasteiger partial charge on any atom is -0.392 e. The summed E-state index contributed by atoms with van der Waals surface area (Å²) in [6.45, 7) is 8.07. The van der Waals surface area contributed by atoms with Crippen LogP contribution in [0.15, 0.2) is 0 Å². The molecule has 0 aromatic carbocycles. The minimum absolute atomic E-state index is 0. The second-order valence-corrected chi connectivity index (χ2v) is 6.30. The second-order valence-electron chi connectivity index (χ2n) is 6.30. The molecule has 1 aliphatic carbocycles. The Labute approximate surface area is 134 Å². The first-order chi connectivity index (χ1) is 8.84. The van der Waals surface area contributed by atoms with Crippen molar-refractivity contribution in [2.75, 3.05) is 45.8 Å². The number of piperidine rings is 2. The number of β-amino-alcohol motifs (C(OH)–C–C–N with tert-alkyl or cyclic N) is 1. The summed E-state index contributed by atoms with van der Waals surface area (Å²) < 4.78 is 0. The van der Waals surface area contributed by atoms with Crippen LogP contribution in [-0.4, -0.2) is 61.9 Å². The third-order valence-electron chi connectivity index (χ3n) is 4.96. The highest BCUT2D eigenvalue weighted by Crippen LogP contribution is 2.47. The van der Waals surface area contributed by atoms with Crippen LogP contribution in [0.25, 0.3) is 0 Å². The van der Waals surface area contributed by atoms with Gasteiger partial charge in [0.15, 0.2) is 0 Å². The Kier molecular flexibility index (Phi) is 8.09. The first-order valence-electron chi connectivity index (χ1n) is 7.66. The highest BCUT2D eigenvalue weighted by atomic mass is 35.5. The van der Waals surface area contributed by atoms with Crippen LogP contribution in [-0.2, 0) is 0 Å². The summed E-state index contributed by atoms with van der Waals surface area (Å²) in [5.74, 6) is 2.92. The Morgan fingerprint density at radius 3 is 2.65 bits per heavy atom. The van der Waals surface area contributed by atoms with Gasteiger partial charge in [0.2, 0.25) is 0 Å². The van der Waals surface area contributed by atoms with Gasteiger partial charge in [0, 0.05) is 6.54 Å². The molecule has 4 nitrogen and oxygen atoms in total. The van der Waals surface area contributed by atoms with Crippen molar-refractivity contribution in [2.24, 2.45) is 17.8 Å². The number of hydrogen-bond donors (Lipinski definition) is 3. The maximum atomic E-state index is 9.59. The Hall–Kier alpha value is 0.420. The first kappa shape index (κ1) is 18.5. The van der Waals surface area contributed by atoms with Crippen molar-refractivity contribution in [2.45, 2.75) is 25.4 Å². The monoisotopic (exact) mass is 325 g/mol. The van der Waals surface area contributed by atoms with E-state index >= 15 is 0 Å². The number of hydrogen-bond acceptors (Lipinski definition) is 4. The zero-order chi connectivity index (χ0) is 12.4. The summed E-state index contributed by atoms with van der Waals surface area (Å²) in [6, 6.07) is 0. The van der Waals surface area contributed by atoms with Gasteiger partial charge in [0.1, 0.15) is 0 Å². The van der Waals surface area contributed by atoms with E-state index in [9.17, 15) is 5.11 Å². The lowest BCUT2D eigenvalue weighted by atomic mass is 10.1. The topological polar surface area (TPSA) is 47.5 Å². The van der Waals surface area contributed by atoms with Crippen molar-refractivity contribution in [3.05, 3.63) is 0 Å². The smallest absolute Gasteiger partial charge is 0.0667 e. The van der Waals surface area contributed by atoms with Gasteiger partial charge in [0.05, 0.1) is 6.10 Å². The Morgan fingerprint density at radius 1 is 1.20 bits per heavy atom. The molecule has 4 atom stereocenters. The summed E-state index contributed by atoms with van der Waals surface area (Å²) in [6.07, 6.45) is 3.29. The Bertz CT molecular complexity index is 273. The van der Waals surface area contributed by atoms with Crippen LogP contribution in [0.1, 0.15) is 19.3 Å². The minimum atomic E-state index is -0.0787. The van der Waals surface area contributed by atoms with Crippen LogP contribution >= 0.6 is 24.8 Å². The quantitative estimate of drug-likeness (QED) is 0.630. The summed E-state index contributed by atoms with van der Waals surface area (Å²) in [5, 5.41) is 16.6. The fraction of sp³-hybridized carbons (Fsp3) is 1.00. The maximum absolute atomic E-state index is 9.59. The highest BCUT2D eigenvalue weighted by molar-refractivity contribution is 5.85. The molecule has 0 spiro atoms. The van der Waals surface area contributed by atoms with E-state index in [1.54, 1.807) is 0 Å². The molecule has 2 aliphatic heterocycles. The number of nitrogens with one attached hydrogen (secondary N) is 2. The molecular weight excluding hydrogens is 297 g/mol. The largest absolute Gasteiger partial charge is 0.392 e. The van der Waals surface area contributed by atoms with Crippen molar-refractivity contribution in [1.82, 2.24) is 15.5 Å². The van der Waals surface area contributed by atoms with Crippen LogP contribution in [0.5, 0.6) is 0 Å². The van der Waals surface area contributed by atoms with E-state index in [4.69, 9.17) is 0 Å². The molecule has 20 heavy (non-hydrogen) atoms. The number of aliphatic hydroxyl groups is 1. The fourth-order valence-corrected chi connectivity index (χ4v) is 3.78. The molecule has 3 rings (SSSR count). The van der Waals surface area contributed by atoms with Crippen LogP contribution in [0.2, 0.25) is 0 Å². The molecule has 0 bridgehead atoms. The van der Waals surface area contributed by atoms with Crippen molar-refractivity contribution in [3.63, 3.8) is 0 Å². The lowest BCUT2D eigenvalue weighted by Crippen LogP contribution is -2.39. The van der Waals surface area contributed by atoms with Crippen LogP contribution in [0, 0.1) is 17.8 Å².